The third-order valence-electron chi connectivity index (χ3n) is 4.50. The first-order valence-electron chi connectivity index (χ1n) is 8.90. The van der Waals surface area contributed by atoms with Gasteiger partial charge in [-0.15, -0.1) is 0 Å². The molecular formula is C21H23NO5. The van der Waals surface area contributed by atoms with E-state index in [0.29, 0.717) is 12.3 Å². The van der Waals surface area contributed by atoms with Crippen molar-refractivity contribution in [1.82, 2.24) is 0 Å². The van der Waals surface area contributed by atoms with E-state index in [1.165, 1.54) is 0 Å². The standard InChI is InChI=1S/C21H23NO5/c1-15-6-3-4-8-19(15)26-14-21(24)27-13-20(23)22-11-5-7-16-12-17(25-2)9-10-18(16)22/h3-4,6,8-10,12H,5,7,11,13-14H2,1-2H3. The second-order valence-corrected chi connectivity index (χ2v) is 6.36. The minimum atomic E-state index is -0.571. The third-order valence-corrected chi connectivity index (χ3v) is 4.50. The minimum absolute atomic E-state index is 0.230. The van der Waals surface area contributed by atoms with E-state index in [-0.39, 0.29) is 19.1 Å². The molecule has 6 heteroatoms. The van der Waals surface area contributed by atoms with Gasteiger partial charge in [0.2, 0.25) is 0 Å². The Balaban J connectivity index is 1.54. The van der Waals surface area contributed by atoms with Gasteiger partial charge in [0.15, 0.2) is 13.2 Å². The Hall–Kier alpha value is -3.02. The van der Waals surface area contributed by atoms with E-state index in [2.05, 4.69) is 0 Å². The Morgan fingerprint density at radius 1 is 1.11 bits per heavy atom. The summed E-state index contributed by atoms with van der Waals surface area (Å²) in [6.07, 6.45) is 1.75. The maximum absolute atomic E-state index is 12.5. The fraction of sp³-hybridized carbons (Fsp3) is 0.333. The molecule has 0 aliphatic carbocycles. The molecule has 0 bridgehead atoms. The lowest BCUT2D eigenvalue weighted by molar-refractivity contribution is -0.149. The Bertz CT molecular complexity index is 833. The first kappa shape index (κ1) is 18.8. The van der Waals surface area contributed by atoms with Crippen LogP contribution in [0.25, 0.3) is 0 Å². The average Bonchev–Trinajstić information content (AvgIpc) is 2.70. The molecule has 0 radical (unpaired) electrons. The van der Waals surface area contributed by atoms with Gasteiger partial charge in [0.25, 0.3) is 5.91 Å². The van der Waals surface area contributed by atoms with Crippen molar-refractivity contribution in [2.75, 3.05) is 31.8 Å². The predicted octanol–water partition coefficient (Wildman–Crippen LogP) is 2.91. The van der Waals surface area contributed by atoms with Gasteiger partial charge in [0, 0.05) is 12.2 Å². The van der Waals surface area contributed by atoms with E-state index in [1.54, 1.807) is 18.1 Å². The van der Waals surface area contributed by atoms with Crippen molar-refractivity contribution in [3.8, 4) is 11.5 Å². The monoisotopic (exact) mass is 369 g/mol. The van der Waals surface area contributed by atoms with Crippen LogP contribution >= 0.6 is 0 Å². The number of aryl methyl sites for hydroxylation is 2. The highest BCUT2D eigenvalue weighted by molar-refractivity contribution is 5.96. The number of amides is 1. The zero-order valence-corrected chi connectivity index (χ0v) is 15.6. The van der Waals surface area contributed by atoms with Gasteiger partial charge in [0.1, 0.15) is 11.5 Å². The largest absolute Gasteiger partial charge is 0.497 e. The molecule has 0 spiro atoms. The summed E-state index contributed by atoms with van der Waals surface area (Å²) in [5.41, 5.74) is 2.84. The summed E-state index contributed by atoms with van der Waals surface area (Å²) in [6.45, 7) is 1.97. The molecule has 3 rings (SSSR count). The van der Waals surface area contributed by atoms with Crippen molar-refractivity contribution in [2.24, 2.45) is 0 Å². The van der Waals surface area contributed by atoms with Crippen LogP contribution in [0.2, 0.25) is 0 Å². The van der Waals surface area contributed by atoms with Gasteiger partial charge < -0.3 is 19.1 Å². The Labute approximate surface area is 158 Å². The van der Waals surface area contributed by atoms with Crippen LogP contribution in [0.5, 0.6) is 11.5 Å². The number of fused-ring (bicyclic) bond motifs is 1. The maximum atomic E-state index is 12.5. The van der Waals surface area contributed by atoms with Crippen LogP contribution in [0.4, 0.5) is 5.69 Å². The molecule has 1 heterocycles. The van der Waals surface area contributed by atoms with Gasteiger partial charge in [-0.2, -0.15) is 0 Å². The van der Waals surface area contributed by atoms with Crippen molar-refractivity contribution in [3.05, 3.63) is 53.6 Å². The summed E-state index contributed by atoms with van der Waals surface area (Å²) in [4.78, 5) is 26.1. The number of nitrogens with zero attached hydrogens (tertiary/aromatic N) is 1. The molecule has 1 aliphatic rings. The molecule has 1 aliphatic heterocycles. The Morgan fingerprint density at radius 2 is 1.93 bits per heavy atom. The van der Waals surface area contributed by atoms with E-state index in [0.717, 1.165) is 35.4 Å². The fourth-order valence-electron chi connectivity index (χ4n) is 3.08. The molecule has 0 N–H and O–H groups in total. The normalized spacial score (nSPS) is 12.9. The SMILES string of the molecule is COc1ccc2c(c1)CCCN2C(=O)COC(=O)COc1ccccc1C. The first-order chi connectivity index (χ1) is 13.1. The zero-order valence-electron chi connectivity index (χ0n) is 15.6. The van der Waals surface area contributed by atoms with Crippen molar-refractivity contribution in [2.45, 2.75) is 19.8 Å². The molecule has 6 nitrogen and oxygen atoms in total. The van der Waals surface area contributed by atoms with E-state index in [9.17, 15) is 9.59 Å². The maximum Gasteiger partial charge on any atom is 0.344 e. The number of carbonyl (C=O) groups is 2. The van der Waals surface area contributed by atoms with Crippen LogP contribution in [0.1, 0.15) is 17.5 Å². The number of rotatable bonds is 6. The van der Waals surface area contributed by atoms with E-state index < -0.39 is 5.97 Å². The number of benzene rings is 2. The number of carbonyl (C=O) groups excluding carboxylic acids is 2. The highest BCUT2D eigenvalue weighted by Crippen LogP contribution is 2.30. The van der Waals surface area contributed by atoms with Crippen molar-refractivity contribution < 1.29 is 23.8 Å². The lowest BCUT2D eigenvalue weighted by atomic mass is 10.0. The highest BCUT2D eigenvalue weighted by Gasteiger charge is 2.24. The Morgan fingerprint density at radius 3 is 2.70 bits per heavy atom. The highest BCUT2D eigenvalue weighted by atomic mass is 16.6. The smallest absolute Gasteiger partial charge is 0.344 e. The third kappa shape index (κ3) is 4.58. The molecule has 0 aromatic heterocycles. The van der Waals surface area contributed by atoms with Crippen molar-refractivity contribution in [1.29, 1.82) is 0 Å². The van der Waals surface area contributed by atoms with Gasteiger partial charge in [-0.05, 0) is 55.2 Å². The van der Waals surface area contributed by atoms with Gasteiger partial charge in [-0.3, -0.25) is 4.79 Å². The van der Waals surface area contributed by atoms with E-state index >= 15 is 0 Å². The van der Waals surface area contributed by atoms with Crippen LogP contribution in [0, 0.1) is 6.92 Å². The minimum Gasteiger partial charge on any atom is -0.497 e. The molecule has 1 amide bonds. The van der Waals surface area contributed by atoms with E-state index in [1.807, 2.05) is 43.3 Å². The predicted molar refractivity (Wildman–Crippen MR) is 101 cm³/mol. The molecule has 0 atom stereocenters. The number of hydrogen-bond donors (Lipinski definition) is 0. The molecule has 0 unspecified atom stereocenters. The lowest BCUT2D eigenvalue weighted by Gasteiger charge is -2.29. The number of ether oxygens (including phenoxy) is 3. The molecule has 27 heavy (non-hydrogen) atoms. The van der Waals surface area contributed by atoms with Crippen molar-refractivity contribution >= 4 is 17.6 Å². The number of para-hydroxylation sites is 1. The second-order valence-electron chi connectivity index (χ2n) is 6.36. The fourth-order valence-corrected chi connectivity index (χ4v) is 3.08. The molecule has 0 saturated heterocycles. The lowest BCUT2D eigenvalue weighted by Crippen LogP contribution is -2.38. The molecule has 142 valence electrons. The number of esters is 1. The summed E-state index contributed by atoms with van der Waals surface area (Å²) in [5.74, 6) is 0.575. The summed E-state index contributed by atoms with van der Waals surface area (Å²) in [5, 5.41) is 0. The quantitative estimate of drug-likeness (QED) is 0.733. The molecular weight excluding hydrogens is 346 g/mol. The summed E-state index contributed by atoms with van der Waals surface area (Å²) in [7, 11) is 1.62. The van der Waals surface area contributed by atoms with Crippen LogP contribution < -0.4 is 14.4 Å². The summed E-state index contributed by atoms with van der Waals surface area (Å²) in [6, 6.07) is 13.0. The average molecular weight is 369 g/mol. The molecule has 2 aromatic rings. The van der Waals surface area contributed by atoms with Crippen LogP contribution in [0.15, 0.2) is 42.5 Å². The number of anilines is 1. The molecule has 0 saturated carbocycles. The van der Waals surface area contributed by atoms with Crippen LogP contribution in [0.3, 0.4) is 0 Å². The Kier molecular flexibility index (Phi) is 5.96. The van der Waals surface area contributed by atoms with Crippen LogP contribution in [-0.2, 0) is 20.7 Å². The summed E-state index contributed by atoms with van der Waals surface area (Å²) < 4.78 is 15.8. The van der Waals surface area contributed by atoms with Gasteiger partial charge in [0.05, 0.1) is 7.11 Å². The van der Waals surface area contributed by atoms with E-state index in [4.69, 9.17) is 14.2 Å². The number of methoxy groups -OCH3 is 1. The van der Waals surface area contributed by atoms with Gasteiger partial charge >= 0.3 is 5.97 Å². The van der Waals surface area contributed by atoms with Crippen molar-refractivity contribution in [3.63, 3.8) is 0 Å². The topological polar surface area (TPSA) is 65.1 Å². The van der Waals surface area contributed by atoms with Gasteiger partial charge in [-0.25, -0.2) is 4.79 Å². The summed E-state index contributed by atoms with van der Waals surface area (Å²) >= 11 is 0. The molecule has 0 fully saturated rings. The zero-order chi connectivity index (χ0) is 19.2. The molecule has 2 aromatic carbocycles. The van der Waals surface area contributed by atoms with Gasteiger partial charge in [-0.1, -0.05) is 18.2 Å². The first-order valence-corrected chi connectivity index (χ1v) is 8.90. The second kappa shape index (κ2) is 8.58. The number of hydrogen-bond acceptors (Lipinski definition) is 5. The van der Waals surface area contributed by atoms with Crippen LogP contribution in [-0.4, -0.2) is 38.7 Å².